The molecule has 1 rings (SSSR count). The van der Waals surface area contributed by atoms with Gasteiger partial charge in [0.15, 0.2) is 0 Å². The van der Waals surface area contributed by atoms with Gasteiger partial charge in [-0.2, -0.15) is 0 Å². The Hall–Kier alpha value is -1.11. The minimum Gasteiger partial charge on any atom is -0.342 e. The van der Waals surface area contributed by atoms with Crippen LogP contribution < -0.4 is 5.32 Å². The molecule has 0 aromatic carbocycles. The van der Waals surface area contributed by atoms with Crippen molar-refractivity contribution in [1.82, 2.24) is 10.2 Å². The molecule has 3 unspecified atom stereocenters. The van der Waals surface area contributed by atoms with Crippen LogP contribution in [0.3, 0.4) is 0 Å². The SMILES string of the molecule is CCC(C)C1NC(=O)C(C)N(CCCS(=O)(=O)CC)C1=O. The highest BCUT2D eigenvalue weighted by atomic mass is 32.2. The third-order valence-electron chi connectivity index (χ3n) is 4.20. The molecular weight excluding hydrogens is 292 g/mol. The van der Waals surface area contributed by atoms with Crippen molar-refractivity contribution < 1.29 is 18.0 Å². The number of carbonyl (C=O) groups excluding carboxylic acids is 2. The molecule has 0 bridgehead atoms. The average Bonchev–Trinajstić information content (AvgIpc) is 2.45. The summed E-state index contributed by atoms with van der Waals surface area (Å²) in [6, 6.07) is -1.04. The number of hydrogen-bond donors (Lipinski definition) is 1. The Morgan fingerprint density at radius 3 is 2.43 bits per heavy atom. The number of nitrogens with one attached hydrogen (secondary N) is 1. The highest BCUT2D eigenvalue weighted by Crippen LogP contribution is 2.18. The first-order chi connectivity index (χ1) is 9.73. The van der Waals surface area contributed by atoms with Crippen molar-refractivity contribution in [2.24, 2.45) is 5.92 Å². The highest BCUT2D eigenvalue weighted by molar-refractivity contribution is 7.91. The second-order valence-electron chi connectivity index (χ2n) is 5.67. The second kappa shape index (κ2) is 7.24. The highest BCUT2D eigenvalue weighted by Gasteiger charge is 2.39. The van der Waals surface area contributed by atoms with Crippen molar-refractivity contribution in [3.8, 4) is 0 Å². The van der Waals surface area contributed by atoms with E-state index in [1.54, 1.807) is 13.8 Å². The van der Waals surface area contributed by atoms with Crippen LogP contribution in [0.25, 0.3) is 0 Å². The quantitative estimate of drug-likeness (QED) is 0.744. The van der Waals surface area contributed by atoms with Crippen LogP contribution in [0.2, 0.25) is 0 Å². The van der Waals surface area contributed by atoms with Gasteiger partial charge < -0.3 is 10.2 Å². The van der Waals surface area contributed by atoms with Crippen molar-refractivity contribution in [3.63, 3.8) is 0 Å². The zero-order valence-corrected chi connectivity index (χ0v) is 14.1. The topological polar surface area (TPSA) is 83.6 Å². The Morgan fingerprint density at radius 1 is 1.29 bits per heavy atom. The Bertz CT molecular complexity index is 489. The first-order valence-corrected chi connectivity index (χ1v) is 9.36. The van der Waals surface area contributed by atoms with Gasteiger partial charge in [0.05, 0.1) is 5.75 Å². The fraction of sp³-hybridized carbons (Fsp3) is 0.857. The first-order valence-electron chi connectivity index (χ1n) is 7.54. The number of rotatable bonds is 7. The molecule has 6 nitrogen and oxygen atoms in total. The van der Waals surface area contributed by atoms with Gasteiger partial charge in [0.25, 0.3) is 0 Å². The van der Waals surface area contributed by atoms with E-state index in [9.17, 15) is 18.0 Å². The summed E-state index contributed by atoms with van der Waals surface area (Å²) in [4.78, 5) is 26.0. The maximum absolute atomic E-state index is 12.5. The summed E-state index contributed by atoms with van der Waals surface area (Å²) in [6.45, 7) is 7.49. The fourth-order valence-corrected chi connectivity index (χ4v) is 3.23. The van der Waals surface area contributed by atoms with Crippen LogP contribution in [-0.4, -0.2) is 55.3 Å². The fourth-order valence-electron chi connectivity index (χ4n) is 2.37. The van der Waals surface area contributed by atoms with E-state index in [0.717, 1.165) is 6.42 Å². The maximum atomic E-state index is 12.5. The summed E-state index contributed by atoms with van der Waals surface area (Å²) in [5.74, 6) is -0.0540. The third-order valence-corrected chi connectivity index (χ3v) is 5.99. The summed E-state index contributed by atoms with van der Waals surface area (Å²) in [5.41, 5.74) is 0. The van der Waals surface area contributed by atoms with Gasteiger partial charge >= 0.3 is 0 Å². The van der Waals surface area contributed by atoms with E-state index in [0.29, 0.717) is 13.0 Å². The van der Waals surface area contributed by atoms with Gasteiger partial charge in [-0.15, -0.1) is 0 Å². The largest absolute Gasteiger partial charge is 0.342 e. The molecule has 0 radical (unpaired) electrons. The minimum absolute atomic E-state index is 0.0512. The van der Waals surface area contributed by atoms with Gasteiger partial charge in [-0.1, -0.05) is 27.2 Å². The molecule has 1 heterocycles. The average molecular weight is 318 g/mol. The van der Waals surface area contributed by atoms with Gasteiger partial charge in [0.2, 0.25) is 11.8 Å². The molecule has 1 fully saturated rings. The molecule has 1 N–H and O–H groups in total. The van der Waals surface area contributed by atoms with Gasteiger partial charge in [-0.25, -0.2) is 8.42 Å². The smallest absolute Gasteiger partial charge is 0.246 e. The van der Waals surface area contributed by atoms with E-state index in [-0.39, 0.29) is 29.2 Å². The third kappa shape index (κ3) is 4.43. The van der Waals surface area contributed by atoms with Crippen LogP contribution in [0.1, 0.15) is 40.5 Å². The van der Waals surface area contributed by atoms with Gasteiger partial charge in [0, 0.05) is 12.3 Å². The van der Waals surface area contributed by atoms with Crippen molar-refractivity contribution in [3.05, 3.63) is 0 Å². The van der Waals surface area contributed by atoms with Gasteiger partial charge in [0.1, 0.15) is 21.9 Å². The minimum atomic E-state index is -3.04. The van der Waals surface area contributed by atoms with Crippen molar-refractivity contribution in [2.45, 2.75) is 52.6 Å². The maximum Gasteiger partial charge on any atom is 0.246 e. The van der Waals surface area contributed by atoms with Crippen molar-refractivity contribution >= 4 is 21.7 Å². The molecule has 0 saturated carbocycles. The zero-order valence-electron chi connectivity index (χ0n) is 13.3. The molecule has 0 aromatic rings. The number of hydrogen-bond acceptors (Lipinski definition) is 4. The normalized spacial score (nSPS) is 24.9. The Labute approximate surface area is 127 Å². The molecule has 1 saturated heterocycles. The summed E-state index contributed by atoms with van der Waals surface area (Å²) in [5, 5.41) is 2.77. The van der Waals surface area contributed by atoms with E-state index < -0.39 is 21.9 Å². The molecule has 2 amide bonds. The number of nitrogens with zero attached hydrogens (tertiary/aromatic N) is 1. The molecule has 3 atom stereocenters. The van der Waals surface area contributed by atoms with Crippen LogP contribution in [-0.2, 0) is 19.4 Å². The Kier molecular flexibility index (Phi) is 6.19. The van der Waals surface area contributed by atoms with Crippen LogP contribution in [0.4, 0.5) is 0 Å². The van der Waals surface area contributed by atoms with E-state index in [2.05, 4.69) is 5.32 Å². The lowest BCUT2D eigenvalue weighted by Crippen LogP contribution is -2.64. The number of piperazine rings is 1. The second-order valence-corrected chi connectivity index (χ2v) is 8.14. The van der Waals surface area contributed by atoms with Crippen LogP contribution in [0.15, 0.2) is 0 Å². The molecule has 0 aliphatic carbocycles. The first kappa shape index (κ1) is 17.9. The molecule has 0 spiro atoms. The number of carbonyl (C=O) groups is 2. The molecule has 122 valence electrons. The predicted octanol–water partition coefficient (Wildman–Crippen LogP) is 0.573. The van der Waals surface area contributed by atoms with Crippen molar-refractivity contribution in [2.75, 3.05) is 18.1 Å². The number of sulfone groups is 1. The lowest BCUT2D eigenvalue weighted by molar-refractivity contribution is -0.150. The van der Waals surface area contributed by atoms with E-state index in [4.69, 9.17) is 0 Å². The monoisotopic (exact) mass is 318 g/mol. The Morgan fingerprint density at radius 2 is 1.90 bits per heavy atom. The summed E-state index contributed by atoms with van der Waals surface area (Å²) < 4.78 is 23.0. The Balaban J connectivity index is 2.73. The van der Waals surface area contributed by atoms with Gasteiger partial charge in [-0.05, 0) is 19.3 Å². The van der Waals surface area contributed by atoms with E-state index in [1.807, 2.05) is 13.8 Å². The molecule has 0 aromatic heterocycles. The molecule has 21 heavy (non-hydrogen) atoms. The zero-order chi connectivity index (χ0) is 16.2. The lowest BCUT2D eigenvalue weighted by Gasteiger charge is -2.39. The molecule has 1 aliphatic rings. The van der Waals surface area contributed by atoms with E-state index >= 15 is 0 Å². The standard InChI is InChI=1S/C14H26N2O4S/c1-5-10(3)12-14(18)16(11(4)13(17)15-12)8-7-9-21(19,20)6-2/h10-12H,5-9H2,1-4H3,(H,15,17). The summed E-state index contributed by atoms with van der Waals surface area (Å²) >= 11 is 0. The molecule has 1 aliphatic heterocycles. The molecular formula is C14H26N2O4S. The summed E-state index contributed by atoms with van der Waals surface area (Å²) in [6.07, 6.45) is 1.16. The van der Waals surface area contributed by atoms with Crippen molar-refractivity contribution in [1.29, 1.82) is 0 Å². The number of amides is 2. The van der Waals surface area contributed by atoms with E-state index in [1.165, 1.54) is 4.90 Å². The predicted molar refractivity (Wildman–Crippen MR) is 81.5 cm³/mol. The lowest BCUT2D eigenvalue weighted by atomic mass is 9.94. The van der Waals surface area contributed by atoms with Gasteiger partial charge in [-0.3, -0.25) is 9.59 Å². The van der Waals surface area contributed by atoms with Crippen LogP contribution in [0.5, 0.6) is 0 Å². The molecule has 7 heteroatoms. The van der Waals surface area contributed by atoms with Crippen LogP contribution in [0, 0.1) is 5.92 Å². The summed E-state index contributed by atoms with van der Waals surface area (Å²) in [7, 11) is -3.04. The van der Waals surface area contributed by atoms with Crippen LogP contribution >= 0.6 is 0 Å².